The summed E-state index contributed by atoms with van der Waals surface area (Å²) < 4.78 is 0. The van der Waals surface area contributed by atoms with Crippen molar-refractivity contribution in [2.45, 2.75) is 45.6 Å². The van der Waals surface area contributed by atoms with Crippen LogP contribution in [0.25, 0.3) is 22.0 Å². The van der Waals surface area contributed by atoms with Crippen molar-refractivity contribution in [2.24, 2.45) is 0 Å². The topological polar surface area (TPSA) is 27.8 Å². The van der Waals surface area contributed by atoms with Gasteiger partial charge in [0.25, 0.3) is 0 Å². The van der Waals surface area contributed by atoms with E-state index in [-0.39, 0.29) is 0 Å². The molecule has 24 heavy (non-hydrogen) atoms. The summed E-state index contributed by atoms with van der Waals surface area (Å²) in [4.78, 5) is 3.61. The van der Waals surface area contributed by atoms with Gasteiger partial charge in [-0.15, -0.1) is 0 Å². The van der Waals surface area contributed by atoms with E-state index in [0.29, 0.717) is 0 Å². The molecule has 1 heterocycles. The Labute approximate surface area is 145 Å². The number of aromatic amines is 1. The van der Waals surface area contributed by atoms with Crippen molar-refractivity contribution in [2.75, 3.05) is 6.54 Å². The number of fused-ring (bicyclic) bond motifs is 1. The van der Waals surface area contributed by atoms with E-state index in [1.165, 1.54) is 59.8 Å². The van der Waals surface area contributed by atoms with Gasteiger partial charge in [-0.05, 0) is 24.6 Å². The third-order valence-electron chi connectivity index (χ3n) is 4.61. The van der Waals surface area contributed by atoms with E-state index < -0.39 is 0 Å². The van der Waals surface area contributed by atoms with Crippen LogP contribution in [0.2, 0.25) is 0 Å². The minimum absolute atomic E-state index is 0.896. The lowest BCUT2D eigenvalue weighted by molar-refractivity contribution is 0.581. The van der Waals surface area contributed by atoms with E-state index >= 15 is 0 Å². The molecule has 0 saturated heterocycles. The summed E-state index contributed by atoms with van der Waals surface area (Å²) in [5.74, 6) is 0. The number of unbranched alkanes of at least 4 members (excludes halogenated alkanes) is 4. The molecule has 126 valence electrons. The van der Waals surface area contributed by atoms with E-state index in [1.54, 1.807) is 0 Å². The van der Waals surface area contributed by atoms with Gasteiger partial charge in [-0.1, -0.05) is 81.1 Å². The average molecular weight is 320 g/mol. The molecule has 0 aliphatic rings. The molecule has 0 radical (unpaired) electrons. The third kappa shape index (κ3) is 4.07. The smallest absolute Gasteiger partial charge is 0.0462 e. The molecule has 2 aromatic carbocycles. The third-order valence-corrected chi connectivity index (χ3v) is 4.61. The number of aromatic nitrogens is 1. The van der Waals surface area contributed by atoms with Crippen molar-refractivity contribution in [3.8, 4) is 11.1 Å². The number of H-pyrrole nitrogens is 1. The molecule has 2 nitrogen and oxygen atoms in total. The molecular weight excluding hydrogens is 292 g/mol. The molecule has 1 aromatic heterocycles. The maximum Gasteiger partial charge on any atom is 0.0462 e. The number of rotatable bonds is 9. The molecule has 0 atom stereocenters. The summed E-state index contributed by atoms with van der Waals surface area (Å²) in [6.07, 6.45) is 6.63. The van der Waals surface area contributed by atoms with Gasteiger partial charge in [0.15, 0.2) is 0 Å². The Bertz CT molecular complexity index is 743. The molecule has 3 rings (SSSR count). The Hall–Kier alpha value is -2.06. The summed E-state index contributed by atoms with van der Waals surface area (Å²) in [6.45, 7) is 4.25. The number of benzene rings is 2. The second-order valence-electron chi connectivity index (χ2n) is 6.48. The van der Waals surface area contributed by atoms with Crippen LogP contribution in [0.4, 0.5) is 0 Å². The second kappa shape index (κ2) is 8.70. The Morgan fingerprint density at radius 2 is 1.58 bits per heavy atom. The number of hydrogen-bond donors (Lipinski definition) is 2. The van der Waals surface area contributed by atoms with E-state index in [9.17, 15) is 0 Å². The number of nitrogens with one attached hydrogen (secondary N) is 2. The van der Waals surface area contributed by atoms with Gasteiger partial charge in [0.1, 0.15) is 0 Å². The Balaban J connectivity index is 1.71. The summed E-state index contributed by atoms with van der Waals surface area (Å²) >= 11 is 0. The quantitative estimate of drug-likeness (QED) is 0.472. The van der Waals surface area contributed by atoms with Crippen molar-refractivity contribution < 1.29 is 0 Å². The zero-order chi connectivity index (χ0) is 16.6. The molecule has 0 amide bonds. The molecule has 0 spiro atoms. The van der Waals surface area contributed by atoms with Gasteiger partial charge in [0, 0.05) is 28.7 Å². The van der Waals surface area contributed by atoms with Crippen LogP contribution in [0.15, 0.2) is 54.6 Å². The highest BCUT2D eigenvalue weighted by molar-refractivity contribution is 5.97. The monoisotopic (exact) mass is 320 g/mol. The summed E-state index contributed by atoms with van der Waals surface area (Å²) in [5, 5.41) is 4.93. The lowest BCUT2D eigenvalue weighted by Crippen LogP contribution is -2.15. The highest BCUT2D eigenvalue weighted by Gasteiger charge is 2.12. The molecule has 0 saturated carbocycles. The first kappa shape index (κ1) is 16.8. The zero-order valence-corrected chi connectivity index (χ0v) is 14.6. The fourth-order valence-electron chi connectivity index (χ4n) is 3.33. The molecule has 3 aromatic rings. The molecule has 0 unspecified atom stereocenters. The van der Waals surface area contributed by atoms with Gasteiger partial charge in [0.05, 0.1) is 0 Å². The molecule has 2 heteroatoms. The number of para-hydroxylation sites is 1. The van der Waals surface area contributed by atoms with Crippen LogP contribution in [0.3, 0.4) is 0 Å². The van der Waals surface area contributed by atoms with Gasteiger partial charge >= 0.3 is 0 Å². The molecule has 0 aliphatic heterocycles. The summed E-state index contributed by atoms with van der Waals surface area (Å²) in [5.41, 5.74) is 5.13. The molecular formula is C22H28N2. The van der Waals surface area contributed by atoms with E-state index in [2.05, 4.69) is 71.8 Å². The second-order valence-corrected chi connectivity index (χ2v) is 6.48. The van der Waals surface area contributed by atoms with Crippen LogP contribution < -0.4 is 5.32 Å². The van der Waals surface area contributed by atoms with Crippen LogP contribution >= 0.6 is 0 Å². The highest BCUT2D eigenvalue weighted by atomic mass is 14.9. The minimum atomic E-state index is 0.896. The van der Waals surface area contributed by atoms with E-state index in [4.69, 9.17) is 0 Å². The first-order valence-electron chi connectivity index (χ1n) is 9.26. The van der Waals surface area contributed by atoms with Gasteiger partial charge < -0.3 is 10.3 Å². The molecule has 2 N–H and O–H groups in total. The van der Waals surface area contributed by atoms with Gasteiger partial charge in [-0.25, -0.2) is 0 Å². The standard InChI is InChI=1S/C22H28N2/c1-2-3-4-5-11-16-23-17-21-22(18-12-7-6-8-13-18)19-14-9-10-15-20(19)24-21/h6-10,12-15,23-24H,2-5,11,16-17H2,1H3. The fraction of sp³-hybridized carbons (Fsp3) is 0.364. The maximum atomic E-state index is 3.62. The molecule has 0 fully saturated rings. The first-order valence-corrected chi connectivity index (χ1v) is 9.26. The molecule has 0 bridgehead atoms. The van der Waals surface area contributed by atoms with Crippen molar-refractivity contribution >= 4 is 10.9 Å². The van der Waals surface area contributed by atoms with Gasteiger partial charge in [-0.3, -0.25) is 0 Å². The van der Waals surface area contributed by atoms with Crippen molar-refractivity contribution in [1.82, 2.24) is 10.3 Å². The van der Waals surface area contributed by atoms with Crippen LogP contribution in [0, 0.1) is 0 Å². The van der Waals surface area contributed by atoms with Crippen LogP contribution in [-0.2, 0) is 6.54 Å². The highest BCUT2D eigenvalue weighted by Crippen LogP contribution is 2.32. The predicted molar refractivity (Wildman–Crippen MR) is 104 cm³/mol. The van der Waals surface area contributed by atoms with Crippen LogP contribution in [0.1, 0.15) is 44.7 Å². The Kier molecular flexibility index (Phi) is 6.08. The largest absolute Gasteiger partial charge is 0.357 e. The maximum absolute atomic E-state index is 3.62. The number of hydrogen-bond acceptors (Lipinski definition) is 1. The van der Waals surface area contributed by atoms with Crippen LogP contribution in [0.5, 0.6) is 0 Å². The van der Waals surface area contributed by atoms with Crippen LogP contribution in [-0.4, -0.2) is 11.5 Å². The lowest BCUT2D eigenvalue weighted by Gasteiger charge is -2.07. The zero-order valence-electron chi connectivity index (χ0n) is 14.6. The fourth-order valence-corrected chi connectivity index (χ4v) is 3.33. The first-order chi connectivity index (χ1) is 11.9. The van der Waals surface area contributed by atoms with E-state index in [0.717, 1.165) is 13.1 Å². The predicted octanol–water partition coefficient (Wildman–Crippen LogP) is 5.89. The van der Waals surface area contributed by atoms with Gasteiger partial charge in [0.2, 0.25) is 0 Å². The molecule has 0 aliphatic carbocycles. The van der Waals surface area contributed by atoms with Crippen molar-refractivity contribution in [3.63, 3.8) is 0 Å². The van der Waals surface area contributed by atoms with Crippen molar-refractivity contribution in [3.05, 3.63) is 60.3 Å². The summed E-state index contributed by atoms with van der Waals surface area (Å²) in [6, 6.07) is 19.3. The summed E-state index contributed by atoms with van der Waals surface area (Å²) in [7, 11) is 0. The Morgan fingerprint density at radius 3 is 2.42 bits per heavy atom. The SMILES string of the molecule is CCCCCCCNCc1[nH]c2ccccc2c1-c1ccccc1. The lowest BCUT2D eigenvalue weighted by atomic mass is 10.0. The van der Waals surface area contributed by atoms with Crippen molar-refractivity contribution in [1.29, 1.82) is 0 Å². The van der Waals surface area contributed by atoms with E-state index in [1.807, 2.05) is 0 Å². The normalized spacial score (nSPS) is 11.2. The van der Waals surface area contributed by atoms with Gasteiger partial charge in [-0.2, -0.15) is 0 Å². The average Bonchev–Trinajstić information content (AvgIpc) is 3.00. The minimum Gasteiger partial charge on any atom is -0.357 e. The Morgan fingerprint density at radius 1 is 0.833 bits per heavy atom.